The van der Waals surface area contributed by atoms with Crippen LogP contribution >= 0.6 is 0 Å². The summed E-state index contributed by atoms with van der Waals surface area (Å²) in [5, 5.41) is 17.0. The third-order valence-corrected chi connectivity index (χ3v) is 4.22. The summed E-state index contributed by atoms with van der Waals surface area (Å²) in [5.41, 5.74) is 2.93. The molecule has 0 fully saturated rings. The largest absolute Gasteiger partial charge is 0.384 e. The van der Waals surface area contributed by atoms with Gasteiger partial charge in [0.1, 0.15) is 5.69 Å². The molecule has 2 N–H and O–H groups in total. The molecule has 1 aromatic carbocycles. The molecule has 7 heteroatoms. The van der Waals surface area contributed by atoms with Gasteiger partial charge in [-0.2, -0.15) is 0 Å². The summed E-state index contributed by atoms with van der Waals surface area (Å²) in [7, 11) is 0. The summed E-state index contributed by atoms with van der Waals surface area (Å²) in [6.07, 6.45) is 3.56. The number of rotatable bonds is 4. The van der Waals surface area contributed by atoms with E-state index in [0.29, 0.717) is 11.3 Å². The lowest BCUT2D eigenvalue weighted by Crippen LogP contribution is -2.17. The molecule has 3 rings (SSSR count). The number of hydrogen-bond acceptors (Lipinski definition) is 5. The summed E-state index contributed by atoms with van der Waals surface area (Å²) in [5.74, 6) is -0.343. The van der Waals surface area contributed by atoms with Crippen LogP contribution in [0.3, 0.4) is 0 Å². The number of carbonyl (C=O) groups excluding carboxylic acids is 1. The molecule has 0 radical (unpaired) electrons. The molecule has 0 aliphatic carbocycles. The Bertz CT molecular complexity index is 919. The fraction of sp³-hybridized carbons (Fsp3) is 0.263. The van der Waals surface area contributed by atoms with Crippen molar-refractivity contribution in [2.75, 3.05) is 11.9 Å². The highest BCUT2D eigenvalue weighted by Crippen LogP contribution is 2.29. The van der Waals surface area contributed by atoms with E-state index in [1.807, 2.05) is 12.1 Å². The first-order valence-corrected chi connectivity index (χ1v) is 8.25. The van der Waals surface area contributed by atoms with Crippen LogP contribution in [-0.2, 0) is 0 Å². The van der Waals surface area contributed by atoms with E-state index in [2.05, 4.69) is 35.5 Å². The minimum absolute atomic E-state index is 0.0695. The minimum Gasteiger partial charge on any atom is -0.384 e. The first-order valence-electron chi connectivity index (χ1n) is 8.25. The number of hydrogen-bond donors (Lipinski definition) is 2. The third kappa shape index (κ3) is 3.72. The van der Waals surface area contributed by atoms with Crippen molar-refractivity contribution < 1.29 is 9.72 Å². The minimum atomic E-state index is -0.515. The Labute approximate surface area is 151 Å². The second-order valence-corrected chi connectivity index (χ2v) is 7.02. The van der Waals surface area contributed by atoms with Crippen LogP contribution < -0.4 is 10.6 Å². The first kappa shape index (κ1) is 17.6. The van der Waals surface area contributed by atoms with Gasteiger partial charge in [-0.1, -0.05) is 32.1 Å². The van der Waals surface area contributed by atoms with E-state index in [0.717, 1.165) is 17.8 Å². The van der Waals surface area contributed by atoms with Crippen LogP contribution in [-0.4, -0.2) is 22.4 Å². The second-order valence-electron chi connectivity index (χ2n) is 7.02. The van der Waals surface area contributed by atoms with Crippen LogP contribution in [0.2, 0.25) is 0 Å². The maximum Gasteiger partial charge on any atom is 0.292 e. The maximum atomic E-state index is 12.5. The zero-order valence-electron chi connectivity index (χ0n) is 14.9. The molecule has 0 saturated carbocycles. The van der Waals surface area contributed by atoms with Gasteiger partial charge in [-0.15, -0.1) is 0 Å². The summed E-state index contributed by atoms with van der Waals surface area (Å²) < 4.78 is 0. The fourth-order valence-electron chi connectivity index (χ4n) is 2.81. The third-order valence-electron chi connectivity index (χ3n) is 4.22. The average molecular weight is 352 g/mol. The number of aromatic nitrogens is 1. The summed E-state index contributed by atoms with van der Waals surface area (Å²) in [6.45, 7) is 6.68. The number of aryl methyl sites for hydroxylation is 1. The van der Waals surface area contributed by atoms with Gasteiger partial charge < -0.3 is 10.6 Å². The maximum absolute atomic E-state index is 12.5. The molecule has 134 valence electrons. The monoisotopic (exact) mass is 352 g/mol. The van der Waals surface area contributed by atoms with Gasteiger partial charge in [0, 0.05) is 29.3 Å². The van der Waals surface area contributed by atoms with Crippen molar-refractivity contribution in [3.05, 3.63) is 69.5 Å². The zero-order chi connectivity index (χ0) is 18.9. The number of carbonyl (C=O) groups is 1. The molecule has 2 heterocycles. The van der Waals surface area contributed by atoms with Gasteiger partial charge in [-0.3, -0.25) is 19.9 Å². The molecule has 0 bridgehead atoms. The standard InChI is InChI=1S/C19H20N4O3/c1-12-17(23(25)26)8-15(10-20-12)22-18(24)14-6-4-5-13(7-14)16-9-19(2,3)11-21-16/h4-10,21H,11H2,1-3H3,(H,22,24). The second kappa shape index (κ2) is 6.59. The molecular weight excluding hydrogens is 332 g/mol. The van der Waals surface area contributed by atoms with Gasteiger partial charge >= 0.3 is 0 Å². The van der Waals surface area contributed by atoms with E-state index < -0.39 is 4.92 Å². The highest BCUT2D eigenvalue weighted by Gasteiger charge is 2.23. The highest BCUT2D eigenvalue weighted by molar-refractivity contribution is 6.04. The fourth-order valence-corrected chi connectivity index (χ4v) is 2.81. The van der Waals surface area contributed by atoms with Gasteiger partial charge in [0.2, 0.25) is 0 Å². The van der Waals surface area contributed by atoms with E-state index in [9.17, 15) is 14.9 Å². The van der Waals surface area contributed by atoms with Crippen LogP contribution in [0.4, 0.5) is 11.4 Å². The van der Waals surface area contributed by atoms with Crippen molar-refractivity contribution in [1.82, 2.24) is 10.3 Å². The van der Waals surface area contributed by atoms with Gasteiger partial charge in [0.05, 0.1) is 16.8 Å². The molecule has 0 atom stereocenters. The van der Waals surface area contributed by atoms with Crippen molar-refractivity contribution in [1.29, 1.82) is 0 Å². The Morgan fingerprint density at radius 3 is 2.77 bits per heavy atom. The van der Waals surface area contributed by atoms with Crippen molar-refractivity contribution in [2.45, 2.75) is 20.8 Å². The predicted molar refractivity (Wildman–Crippen MR) is 99.8 cm³/mol. The number of nitro groups is 1. The van der Waals surface area contributed by atoms with Crippen LogP contribution in [0.5, 0.6) is 0 Å². The normalized spacial score (nSPS) is 15.1. The Morgan fingerprint density at radius 2 is 2.12 bits per heavy atom. The molecule has 1 aliphatic heterocycles. The molecule has 1 aliphatic rings. The quantitative estimate of drug-likeness (QED) is 0.648. The number of benzene rings is 1. The lowest BCUT2D eigenvalue weighted by atomic mass is 9.95. The molecule has 0 spiro atoms. The van der Waals surface area contributed by atoms with Gasteiger partial charge in [0.15, 0.2) is 0 Å². The predicted octanol–water partition coefficient (Wildman–Crippen LogP) is 3.52. The summed E-state index contributed by atoms with van der Waals surface area (Å²) in [4.78, 5) is 27.0. The van der Waals surface area contributed by atoms with Crippen molar-refractivity contribution >= 4 is 23.0 Å². The van der Waals surface area contributed by atoms with Crippen molar-refractivity contribution in [3.63, 3.8) is 0 Å². The van der Waals surface area contributed by atoms with E-state index in [1.165, 1.54) is 12.3 Å². The molecule has 1 aromatic heterocycles. The Morgan fingerprint density at radius 1 is 1.35 bits per heavy atom. The molecular formula is C19H20N4O3. The van der Waals surface area contributed by atoms with E-state index >= 15 is 0 Å². The molecule has 1 amide bonds. The number of pyridine rings is 1. The Balaban J connectivity index is 1.82. The number of nitrogens with one attached hydrogen (secondary N) is 2. The number of anilines is 1. The molecule has 26 heavy (non-hydrogen) atoms. The van der Waals surface area contributed by atoms with Gasteiger partial charge in [-0.25, -0.2) is 0 Å². The molecule has 0 saturated heterocycles. The van der Waals surface area contributed by atoms with Crippen molar-refractivity contribution in [3.8, 4) is 0 Å². The number of nitrogens with zero attached hydrogens (tertiary/aromatic N) is 2. The lowest BCUT2D eigenvalue weighted by Gasteiger charge is -2.11. The topological polar surface area (TPSA) is 97.2 Å². The van der Waals surface area contributed by atoms with E-state index in [4.69, 9.17) is 0 Å². The molecule has 7 nitrogen and oxygen atoms in total. The van der Waals surface area contributed by atoms with Crippen LogP contribution in [0.15, 0.2) is 42.6 Å². The summed E-state index contributed by atoms with van der Waals surface area (Å²) in [6, 6.07) is 8.57. The van der Waals surface area contributed by atoms with Gasteiger partial charge in [-0.05, 0) is 24.6 Å². The van der Waals surface area contributed by atoms with Crippen LogP contribution in [0.1, 0.15) is 35.5 Å². The van der Waals surface area contributed by atoms with Crippen LogP contribution in [0.25, 0.3) is 5.70 Å². The zero-order valence-corrected chi connectivity index (χ0v) is 14.9. The van der Waals surface area contributed by atoms with Gasteiger partial charge in [0.25, 0.3) is 11.6 Å². The first-order chi connectivity index (χ1) is 12.2. The lowest BCUT2D eigenvalue weighted by molar-refractivity contribution is -0.385. The highest BCUT2D eigenvalue weighted by atomic mass is 16.6. The Hall–Kier alpha value is -3.22. The van der Waals surface area contributed by atoms with E-state index in [-0.39, 0.29) is 22.7 Å². The molecule has 0 unspecified atom stereocenters. The summed E-state index contributed by atoms with van der Waals surface area (Å²) >= 11 is 0. The molecule has 2 aromatic rings. The number of amides is 1. The van der Waals surface area contributed by atoms with Crippen molar-refractivity contribution in [2.24, 2.45) is 5.41 Å². The smallest absolute Gasteiger partial charge is 0.292 e. The average Bonchev–Trinajstić information content (AvgIpc) is 2.96. The Kier molecular flexibility index (Phi) is 4.46. The SMILES string of the molecule is Cc1ncc(NC(=O)c2cccc(C3=CC(C)(C)CN3)c2)cc1[N+](=O)[O-]. The van der Waals surface area contributed by atoms with Crippen LogP contribution in [0, 0.1) is 22.5 Å². The van der Waals surface area contributed by atoms with E-state index in [1.54, 1.807) is 19.1 Å².